The molecule has 3 rings (SSSR count). The van der Waals surface area contributed by atoms with Crippen molar-refractivity contribution < 1.29 is 22.3 Å². The van der Waals surface area contributed by atoms with E-state index >= 15 is 0 Å². The number of allylic oxidation sites excluding steroid dienone is 1. The number of benzene rings is 3. The van der Waals surface area contributed by atoms with E-state index in [1.165, 1.54) is 60.7 Å². The fourth-order valence-electron chi connectivity index (χ4n) is 2.58. The van der Waals surface area contributed by atoms with Crippen molar-refractivity contribution in [2.45, 2.75) is 11.8 Å². The van der Waals surface area contributed by atoms with Crippen LogP contribution in [0.15, 0.2) is 83.8 Å². The topological polar surface area (TPSA) is 104 Å². The van der Waals surface area contributed by atoms with Crippen LogP contribution in [0.2, 0.25) is 0 Å². The van der Waals surface area contributed by atoms with Gasteiger partial charge in [0.15, 0.2) is 11.5 Å². The van der Waals surface area contributed by atoms with Crippen molar-refractivity contribution in [1.29, 1.82) is 0 Å². The summed E-state index contributed by atoms with van der Waals surface area (Å²) in [5.74, 6) is -0.556. The van der Waals surface area contributed by atoms with Crippen LogP contribution in [0.3, 0.4) is 0 Å². The highest BCUT2D eigenvalue weighted by molar-refractivity contribution is 7.87. The molecule has 0 aliphatic carbocycles. The summed E-state index contributed by atoms with van der Waals surface area (Å²) in [6.07, 6.45) is 2.74. The Bertz CT molecular complexity index is 1210. The highest BCUT2D eigenvalue weighted by Crippen LogP contribution is 2.24. The standard InChI is InChI=1S/C22H17NO6S/c1-16-6-13-19(14-7-16)30(27,28)29-22-5-3-2-4-20(22)21(24)15-10-17-8-11-18(12-9-17)23(25)26/h2-15H,1H3/b15-10-. The summed E-state index contributed by atoms with van der Waals surface area (Å²) in [5, 5.41) is 10.7. The van der Waals surface area contributed by atoms with Crippen molar-refractivity contribution in [1.82, 2.24) is 0 Å². The Morgan fingerprint density at radius 1 is 0.967 bits per heavy atom. The molecular weight excluding hydrogens is 406 g/mol. The van der Waals surface area contributed by atoms with Crippen molar-refractivity contribution in [2.24, 2.45) is 0 Å². The van der Waals surface area contributed by atoms with Crippen LogP contribution in [0.25, 0.3) is 6.08 Å². The molecular formula is C22H17NO6S. The second-order valence-corrected chi connectivity index (χ2v) is 7.94. The smallest absolute Gasteiger partial charge is 0.339 e. The maximum atomic E-state index is 12.6. The van der Waals surface area contributed by atoms with Gasteiger partial charge in [0.1, 0.15) is 4.90 Å². The Hall–Kier alpha value is -3.78. The Balaban J connectivity index is 1.82. The average molecular weight is 423 g/mol. The molecule has 3 aromatic carbocycles. The second kappa shape index (κ2) is 8.71. The fraction of sp³-hybridized carbons (Fsp3) is 0.0455. The van der Waals surface area contributed by atoms with Gasteiger partial charge in [0.25, 0.3) is 5.69 Å². The summed E-state index contributed by atoms with van der Waals surface area (Å²) in [4.78, 5) is 22.8. The monoisotopic (exact) mass is 423 g/mol. The van der Waals surface area contributed by atoms with Crippen molar-refractivity contribution in [2.75, 3.05) is 0 Å². The lowest BCUT2D eigenvalue weighted by Crippen LogP contribution is -2.12. The number of carbonyl (C=O) groups is 1. The number of para-hydroxylation sites is 1. The first-order chi connectivity index (χ1) is 14.3. The number of nitro benzene ring substituents is 1. The largest absolute Gasteiger partial charge is 0.378 e. The number of ketones is 1. The maximum Gasteiger partial charge on any atom is 0.339 e. The van der Waals surface area contributed by atoms with E-state index in [-0.39, 0.29) is 21.9 Å². The molecule has 3 aromatic rings. The molecule has 0 radical (unpaired) electrons. The average Bonchev–Trinajstić information content (AvgIpc) is 2.72. The number of nitro groups is 1. The van der Waals surface area contributed by atoms with Crippen LogP contribution in [0.1, 0.15) is 21.5 Å². The Morgan fingerprint density at radius 3 is 2.23 bits per heavy atom. The van der Waals surface area contributed by atoms with E-state index in [2.05, 4.69) is 0 Å². The molecule has 0 N–H and O–H groups in total. The summed E-state index contributed by atoms with van der Waals surface area (Å²) in [7, 11) is -4.11. The SMILES string of the molecule is Cc1ccc(S(=O)(=O)Oc2ccccc2C(=O)/C=C\c2ccc([N+](=O)[O-])cc2)cc1. The van der Waals surface area contributed by atoms with E-state index in [1.807, 2.05) is 6.92 Å². The van der Waals surface area contributed by atoms with Crippen molar-refractivity contribution in [3.05, 3.63) is 106 Å². The molecule has 0 atom stereocenters. The molecule has 0 bridgehead atoms. The quantitative estimate of drug-likeness (QED) is 0.181. The Labute approximate surface area is 173 Å². The van der Waals surface area contributed by atoms with E-state index in [4.69, 9.17) is 4.18 Å². The molecule has 30 heavy (non-hydrogen) atoms. The molecule has 0 spiro atoms. The highest BCUT2D eigenvalue weighted by Gasteiger charge is 2.20. The van der Waals surface area contributed by atoms with Gasteiger partial charge in [-0.25, -0.2) is 0 Å². The lowest BCUT2D eigenvalue weighted by atomic mass is 10.1. The number of hydrogen-bond acceptors (Lipinski definition) is 6. The molecule has 0 saturated carbocycles. The van der Waals surface area contributed by atoms with E-state index in [0.717, 1.165) is 5.56 Å². The first-order valence-corrected chi connectivity index (χ1v) is 10.2. The van der Waals surface area contributed by atoms with E-state index in [0.29, 0.717) is 5.56 Å². The minimum atomic E-state index is -4.11. The Kier molecular flexibility index (Phi) is 6.08. The van der Waals surface area contributed by atoms with Gasteiger partial charge >= 0.3 is 10.1 Å². The van der Waals surface area contributed by atoms with Crippen LogP contribution in [-0.4, -0.2) is 19.1 Å². The van der Waals surface area contributed by atoms with Gasteiger partial charge in [0.05, 0.1) is 10.5 Å². The van der Waals surface area contributed by atoms with Gasteiger partial charge < -0.3 is 4.18 Å². The van der Waals surface area contributed by atoms with E-state index in [9.17, 15) is 23.3 Å². The summed E-state index contributed by atoms with van der Waals surface area (Å²) in [6.45, 7) is 1.84. The predicted octanol–water partition coefficient (Wildman–Crippen LogP) is 4.57. The minimum absolute atomic E-state index is 0.0169. The first kappa shape index (κ1) is 20.9. The number of hydrogen-bond donors (Lipinski definition) is 0. The zero-order valence-corrected chi connectivity index (χ0v) is 16.7. The molecule has 7 nitrogen and oxygen atoms in total. The fourth-order valence-corrected chi connectivity index (χ4v) is 3.53. The molecule has 0 saturated heterocycles. The van der Waals surface area contributed by atoms with Gasteiger partial charge in [0, 0.05) is 12.1 Å². The van der Waals surface area contributed by atoms with Gasteiger partial charge in [-0.1, -0.05) is 35.9 Å². The highest BCUT2D eigenvalue weighted by atomic mass is 32.2. The van der Waals surface area contributed by atoms with Crippen LogP contribution < -0.4 is 4.18 Å². The van der Waals surface area contributed by atoms with Crippen molar-refractivity contribution >= 4 is 27.7 Å². The molecule has 152 valence electrons. The van der Waals surface area contributed by atoms with Gasteiger partial charge in [-0.3, -0.25) is 14.9 Å². The summed E-state index contributed by atoms with van der Waals surface area (Å²) >= 11 is 0. The van der Waals surface area contributed by atoms with Crippen molar-refractivity contribution in [3.63, 3.8) is 0 Å². The van der Waals surface area contributed by atoms with Gasteiger partial charge in [-0.2, -0.15) is 8.42 Å². The van der Waals surface area contributed by atoms with Crippen LogP contribution in [0, 0.1) is 17.0 Å². The minimum Gasteiger partial charge on any atom is -0.378 e. The third-order valence-corrected chi connectivity index (χ3v) is 5.44. The van der Waals surface area contributed by atoms with Gasteiger partial charge in [-0.15, -0.1) is 0 Å². The third kappa shape index (κ3) is 4.98. The summed E-state index contributed by atoms with van der Waals surface area (Å²) < 4.78 is 30.3. The number of rotatable bonds is 7. The van der Waals surface area contributed by atoms with Crippen LogP contribution in [0.5, 0.6) is 5.75 Å². The van der Waals surface area contributed by atoms with Crippen LogP contribution in [-0.2, 0) is 10.1 Å². The molecule has 8 heteroatoms. The van der Waals surface area contributed by atoms with E-state index < -0.39 is 20.8 Å². The summed E-state index contributed by atoms with van der Waals surface area (Å²) in [5.41, 5.74) is 1.51. The number of non-ortho nitro benzene ring substituents is 1. The normalized spacial score (nSPS) is 11.4. The Morgan fingerprint density at radius 2 is 1.60 bits per heavy atom. The third-order valence-electron chi connectivity index (χ3n) is 4.19. The molecule has 0 amide bonds. The molecule has 0 fully saturated rings. The molecule has 0 aliphatic heterocycles. The molecule has 0 unspecified atom stereocenters. The molecule has 0 heterocycles. The number of nitrogens with zero attached hydrogens (tertiary/aromatic N) is 1. The molecule has 0 aromatic heterocycles. The van der Waals surface area contributed by atoms with Crippen LogP contribution in [0.4, 0.5) is 5.69 Å². The lowest BCUT2D eigenvalue weighted by molar-refractivity contribution is -0.384. The zero-order valence-electron chi connectivity index (χ0n) is 15.9. The van der Waals surface area contributed by atoms with Gasteiger partial charge in [-0.05, 0) is 55.0 Å². The van der Waals surface area contributed by atoms with Crippen molar-refractivity contribution in [3.8, 4) is 5.75 Å². The zero-order chi connectivity index (χ0) is 21.7. The predicted molar refractivity (Wildman–Crippen MR) is 112 cm³/mol. The van der Waals surface area contributed by atoms with E-state index in [1.54, 1.807) is 24.3 Å². The molecule has 0 aliphatic rings. The first-order valence-electron chi connectivity index (χ1n) is 8.83. The number of carbonyl (C=O) groups excluding carboxylic acids is 1. The second-order valence-electron chi connectivity index (χ2n) is 6.39. The van der Waals surface area contributed by atoms with Crippen LogP contribution >= 0.6 is 0 Å². The summed E-state index contributed by atoms with van der Waals surface area (Å²) in [6, 6.07) is 17.9. The van der Waals surface area contributed by atoms with Gasteiger partial charge in [0.2, 0.25) is 0 Å². The maximum absolute atomic E-state index is 12.6. The lowest BCUT2D eigenvalue weighted by Gasteiger charge is -2.10. The number of aryl methyl sites for hydroxylation is 1.